The van der Waals surface area contributed by atoms with Crippen molar-refractivity contribution in [1.29, 1.82) is 0 Å². The van der Waals surface area contributed by atoms with Crippen molar-refractivity contribution in [2.75, 3.05) is 31.8 Å². The van der Waals surface area contributed by atoms with Crippen LogP contribution in [0.15, 0.2) is 47.4 Å². The summed E-state index contributed by atoms with van der Waals surface area (Å²) in [5.74, 6) is -5.37. The second-order valence-electron chi connectivity index (χ2n) is 10.5. The summed E-state index contributed by atoms with van der Waals surface area (Å²) < 4.78 is 121. The number of aromatic nitrogens is 1. The van der Waals surface area contributed by atoms with E-state index < -0.39 is 76.9 Å². The Morgan fingerprint density at radius 2 is 1.67 bits per heavy atom. The fraction of sp³-hybridized carbons (Fsp3) is 0.367. The molecule has 0 aliphatic carbocycles. The summed E-state index contributed by atoms with van der Waals surface area (Å²) in [4.78, 5) is 38.9. The number of nitrogens with zero attached hydrogens (tertiary/aromatic N) is 2. The smallest absolute Gasteiger partial charge is 0.418 e. The molecule has 2 aromatic carbocycles. The number of hydrogen-bond donors (Lipinski definition) is 1. The van der Waals surface area contributed by atoms with E-state index in [1.165, 1.54) is 31.3 Å². The van der Waals surface area contributed by atoms with E-state index in [2.05, 4.69) is 10.1 Å². The van der Waals surface area contributed by atoms with Gasteiger partial charge in [-0.1, -0.05) is 24.3 Å². The molecule has 1 aliphatic heterocycles. The van der Waals surface area contributed by atoms with Gasteiger partial charge in [0.25, 0.3) is 11.5 Å². The molecule has 0 saturated carbocycles. The van der Waals surface area contributed by atoms with E-state index in [9.17, 15) is 40.7 Å². The number of carbonyl (C=O) groups excluding carboxylic acids is 2. The van der Waals surface area contributed by atoms with Gasteiger partial charge in [-0.3, -0.25) is 9.59 Å². The minimum atomic E-state index is -4.77. The van der Waals surface area contributed by atoms with E-state index in [0.717, 1.165) is 23.5 Å². The van der Waals surface area contributed by atoms with Crippen LogP contribution in [-0.2, 0) is 33.9 Å². The molecule has 1 aliphatic rings. The number of hydrogen-bond acceptors (Lipinski definition) is 6. The van der Waals surface area contributed by atoms with Crippen molar-refractivity contribution >= 4 is 17.6 Å². The molecule has 3 aromatic rings. The van der Waals surface area contributed by atoms with Crippen LogP contribution in [0.5, 0.6) is 0 Å². The Labute approximate surface area is 256 Å². The zero-order chi connectivity index (χ0) is 34.1. The van der Waals surface area contributed by atoms with Gasteiger partial charge in [-0.15, -0.1) is 0 Å². The number of rotatable bonds is 7. The molecule has 8 nitrogen and oxygen atoms in total. The average molecular weight is 662 g/mol. The maximum atomic E-state index is 15.0. The van der Waals surface area contributed by atoms with Gasteiger partial charge in [-0.05, 0) is 35.7 Å². The average Bonchev–Trinajstić information content (AvgIpc) is 2.97. The first-order valence-corrected chi connectivity index (χ1v) is 13.6. The number of morpholine rings is 1. The van der Waals surface area contributed by atoms with Gasteiger partial charge in [0, 0.05) is 31.9 Å². The molecule has 4 rings (SSSR count). The van der Waals surface area contributed by atoms with Crippen LogP contribution < -0.4 is 15.8 Å². The van der Waals surface area contributed by atoms with Gasteiger partial charge in [0.05, 0.1) is 31.5 Å². The van der Waals surface area contributed by atoms with Gasteiger partial charge in [0.2, 0.25) is 0 Å². The summed E-state index contributed by atoms with van der Waals surface area (Å²) in [5, 5.41) is 2.16. The van der Waals surface area contributed by atoms with E-state index in [0.29, 0.717) is 23.9 Å². The van der Waals surface area contributed by atoms with E-state index in [-0.39, 0.29) is 36.3 Å². The summed E-state index contributed by atoms with van der Waals surface area (Å²) in [7, 11) is 2.17. The Kier molecular flexibility index (Phi) is 9.80. The van der Waals surface area contributed by atoms with Gasteiger partial charge in [0.1, 0.15) is 29.3 Å². The Balaban J connectivity index is 1.58. The summed E-state index contributed by atoms with van der Waals surface area (Å²) in [6, 6.07) is 2.91. The van der Waals surface area contributed by atoms with Gasteiger partial charge in [-0.2, -0.15) is 26.3 Å². The van der Waals surface area contributed by atoms with Crippen molar-refractivity contribution in [3.8, 4) is 11.1 Å². The third kappa shape index (κ3) is 7.16. The van der Waals surface area contributed by atoms with Crippen molar-refractivity contribution in [2.24, 2.45) is 7.05 Å². The molecule has 0 radical (unpaired) electrons. The number of amides is 1. The molecule has 0 spiro atoms. The number of esters is 1. The lowest BCUT2D eigenvalue weighted by Gasteiger charge is -2.38. The predicted octanol–water partition coefficient (Wildman–Crippen LogP) is 4.94. The van der Waals surface area contributed by atoms with Crippen molar-refractivity contribution < 1.29 is 54.2 Å². The van der Waals surface area contributed by atoms with Crippen LogP contribution in [0.2, 0.25) is 0 Å². The lowest BCUT2D eigenvalue weighted by atomic mass is 9.96. The first-order valence-electron chi connectivity index (χ1n) is 13.6. The molecule has 1 fully saturated rings. The Morgan fingerprint density at radius 3 is 2.22 bits per heavy atom. The highest BCUT2D eigenvalue weighted by Gasteiger charge is 2.46. The number of halogens is 8. The molecule has 1 aromatic heterocycles. The van der Waals surface area contributed by atoms with Gasteiger partial charge < -0.3 is 24.3 Å². The third-order valence-electron chi connectivity index (χ3n) is 7.51. The van der Waals surface area contributed by atoms with Crippen LogP contribution in [0.1, 0.15) is 27.0 Å². The molecule has 0 bridgehead atoms. The zero-order valence-electron chi connectivity index (χ0n) is 24.5. The standard InChI is InChI=1S/C30H27F8N3O5/c1-15-19(29(33,34)35)13-40(2)27(43)24(15)17-6-4-16(5-7-17)10-22(28(44)45-3)39-26(42)25-20(31)11-18(12-21(25)32)41-8-9-46-14-23(41)30(36,37)38/h4-7,11-13,22-23H,8-10,14H2,1-3H3,(H,39,42)/t22-,23+/m0/s1. The number of pyridine rings is 1. The molecule has 0 unspecified atom stereocenters. The topological polar surface area (TPSA) is 89.9 Å². The number of methoxy groups -OCH3 is 1. The van der Waals surface area contributed by atoms with Crippen LogP contribution >= 0.6 is 0 Å². The molecule has 46 heavy (non-hydrogen) atoms. The highest BCUT2D eigenvalue weighted by molar-refractivity contribution is 5.97. The minimum absolute atomic E-state index is 0.129. The van der Waals surface area contributed by atoms with E-state index >= 15 is 8.78 Å². The summed E-state index contributed by atoms with van der Waals surface area (Å²) in [6.07, 6.45) is -9.10. The molecule has 248 valence electrons. The van der Waals surface area contributed by atoms with Crippen LogP contribution in [0.3, 0.4) is 0 Å². The van der Waals surface area contributed by atoms with Crippen LogP contribution in [0.4, 0.5) is 40.8 Å². The number of carbonyl (C=O) groups is 2. The van der Waals surface area contributed by atoms with Crippen molar-refractivity contribution in [2.45, 2.75) is 37.8 Å². The maximum absolute atomic E-state index is 15.0. The van der Waals surface area contributed by atoms with E-state index in [1.807, 2.05) is 0 Å². The third-order valence-corrected chi connectivity index (χ3v) is 7.51. The number of benzene rings is 2. The molecule has 1 N–H and O–H groups in total. The number of alkyl halides is 6. The number of nitrogens with one attached hydrogen (secondary N) is 1. The summed E-state index contributed by atoms with van der Waals surface area (Å²) in [6.45, 7) is -0.0422. The number of ether oxygens (including phenoxy) is 2. The van der Waals surface area contributed by atoms with Crippen molar-refractivity contribution in [1.82, 2.24) is 9.88 Å². The molecular formula is C30H27F8N3O5. The number of aryl methyl sites for hydroxylation is 1. The van der Waals surface area contributed by atoms with Crippen molar-refractivity contribution in [3.63, 3.8) is 0 Å². The fourth-order valence-corrected chi connectivity index (χ4v) is 5.18. The van der Waals surface area contributed by atoms with Gasteiger partial charge >= 0.3 is 18.3 Å². The summed E-state index contributed by atoms with van der Waals surface area (Å²) in [5.41, 5.74) is -3.33. The minimum Gasteiger partial charge on any atom is -0.467 e. The lowest BCUT2D eigenvalue weighted by molar-refractivity contribution is -0.167. The summed E-state index contributed by atoms with van der Waals surface area (Å²) >= 11 is 0. The molecule has 16 heteroatoms. The Hall–Kier alpha value is -4.47. The second-order valence-corrected chi connectivity index (χ2v) is 10.5. The second kappa shape index (κ2) is 13.1. The SMILES string of the molecule is COC(=O)[C@H](Cc1ccc(-c2c(C)c(C(F)(F)F)cn(C)c2=O)cc1)NC(=O)c1c(F)cc(N2CCOC[C@@H]2C(F)(F)F)cc1F. The van der Waals surface area contributed by atoms with E-state index in [4.69, 9.17) is 4.74 Å². The first kappa shape index (κ1) is 34.4. The quantitative estimate of drug-likeness (QED) is 0.285. The Morgan fingerprint density at radius 1 is 1.07 bits per heavy atom. The fourth-order valence-electron chi connectivity index (χ4n) is 5.18. The van der Waals surface area contributed by atoms with Crippen molar-refractivity contribution in [3.05, 3.63) is 86.8 Å². The lowest BCUT2D eigenvalue weighted by Crippen LogP contribution is -2.53. The number of anilines is 1. The van der Waals surface area contributed by atoms with Crippen LogP contribution in [0.25, 0.3) is 11.1 Å². The van der Waals surface area contributed by atoms with E-state index in [1.54, 1.807) is 0 Å². The predicted molar refractivity (Wildman–Crippen MR) is 148 cm³/mol. The highest BCUT2D eigenvalue weighted by Crippen LogP contribution is 2.35. The zero-order valence-corrected chi connectivity index (χ0v) is 24.5. The molecular weight excluding hydrogens is 634 g/mol. The largest absolute Gasteiger partial charge is 0.467 e. The highest BCUT2D eigenvalue weighted by atomic mass is 19.4. The van der Waals surface area contributed by atoms with Gasteiger partial charge in [-0.25, -0.2) is 13.6 Å². The monoisotopic (exact) mass is 661 g/mol. The van der Waals surface area contributed by atoms with Gasteiger partial charge in [0.15, 0.2) is 0 Å². The normalized spacial score (nSPS) is 16.2. The maximum Gasteiger partial charge on any atom is 0.418 e. The molecule has 2 atom stereocenters. The Bertz CT molecular complexity index is 1660. The molecule has 2 heterocycles. The first-order chi connectivity index (χ1) is 21.4. The molecule has 1 saturated heterocycles. The van der Waals surface area contributed by atoms with Crippen LogP contribution in [-0.4, -0.2) is 61.6 Å². The molecule has 1 amide bonds. The van der Waals surface area contributed by atoms with Crippen LogP contribution in [0, 0.1) is 18.6 Å².